The van der Waals surface area contributed by atoms with Crippen LogP contribution in [0.1, 0.15) is 40.5 Å². The van der Waals surface area contributed by atoms with E-state index in [0.717, 1.165) is 30.9 Å². The summed E-state index contributed by atoms with van der Waals surface area (Å²) in [5.74, 6) is -1.67. The third-order valence-electron chi connectivity index (χ3n) is 9.10. The van der Waals surface area contributed by atoms with Crippen molar-refractivity contribution in [3.63, 3.8) is 0 Å². The van der Waals surface area contributed by atoms with Crippen molar-refractivity contribution in [1.29, 1.82) is 0 Å². The van der Waals surface area contributed by atoms with Crippen LogP contribution in [0.2, 0.25) is 0 Å². The molecule has 0 radical (unpaired) electrons. The summed E-state index contributed by atoms with van der Waals surface area (Å²) in [7, 11) is 1.74. The molecule has 3 saturated heterocycles. The van der Waals surface area contributed by atoms with Gasteiger partial charge >= 0.3 is 0 Å². The number of rotatable bonds is 12. The second-order valence-electron chi connectivity index (χ2n) is 11.4. The summed E-state index contributed by atoms with van der Waals surface area (Å²) >= 11 is 1.64. The molecule has 1 aromatic carbocycles. The Labute approximate surface area is 243 Å². The van der Waals surface area contributed by atoms with E-state index in [1.807, 2.05) is 24.3 Å². The predicted molar refractivity (Wildman–Crippen MR) is 163 cm³/mol. The van der Waals surface area contributed by atoms with E-state index in [9.17, 15) is 19.5 Å². The molecule has 218 valence electrons. The fourth-order valence-corrected chi connectivity index (χ4v) is 9.46. The summed E-state index contributed by atoms with van der Waals surface area (Å²) in [6.45, 7) is 17.9. The van der Waals surface area contributed by atoms with Gasteiger partial charge in [-0.2, -0.15) is 0 Å². The molecule has 3 aliphatic rings. The Bertz CT molecular complexity index is 1150. The average Bonchev–Trinajstić information content (AvgIpc) is 3.52. The number of carbonyl (C=O) groups excluding carboxylic acids is 3. The Hall–Kier alpha value is -2.78. The van der Waals surface area contributed by atoms with Crippen LogP contribution in [0.3, 0.4) is 0 Å². The van der Waals surface area contributed by atoms with E-state index in [1.165, 1.54) is 0 Å². The minimum atomic E-state index is -0.802. The van der Waals surface area contributed by atoms with Crippen LogP contribution in [0.5, 0.6) is 0 Å². The van der Waals surface area contributed by atoms with Crippen molar-refractivity contribution in [2.75, 3.05) is 49.6 Å². The quantitative estimate of drug-likeness (QED) is 0.388. The topological polar surface area (TPSA) is 84.4 Å². The van der Waals surface area contributed by atoms with Gasteiger partial charge < -0.3 is 24.7 Å². The zero-order valence-corrected chi connectivity index (χ0v) is 25.3. The van der Waals surface area contributed by atoms with Crippen molar-refractivity contribution in [3.05, 3.63) is 49.6 Å². The summed E-state index contributed by atoms with van der Waals surface area (Å²) in [6, 6.07) is 6.55. The van der Waals surface area contributed by atoms with Gasteiger partial charge in [-0.3, -0.25) is 14.4 Å². The molecule has 3 aliphatic heterocycles. The van der Waals surface area contributed by atoms with Crippen molar-refractivity contribution in [3.8, 4) is 0 Å². The number of carbonyl (C=O) groups is 3. The number of fused-ring (bicyclic) bond motifs is 1. The highest BCUT2D eigenvalue weighted by atomic mass is 32.2. The fraction of sp³-hybridized carbons (Fsp3) is 0.581. The van der Waals surface area contributed by atoms with E-state index in [-0.39, 0.29) is 30.9 Å². The third-order valence-corrected chi connectivity index (χ3v) is 11.1. The van der Waals surface area contributed by atoms with Crippen LogP contribution in [0, 0.1) is 11.8 Å². The number of anilines is 2. The number of likely N-dealkylation sites (N-methyl/N-ethyl adjacent to an activating group) is 1. The summed E-state index contributed by atoms with van der Waals surface area (Å²) < 4.78 is -1.20. The number of aliphatic hydroxyl groups is 1. The molecule has 2 unspecified atom stereocenters. The second-order valence-corrected chi connectivity index (χ2v) is 13.3. The molecule has 0 saturated carbocycles. The van der Waals surface area contributed by atoms with Gasteiger partial charge in [-0.05, 0) is 64.8 Å². The zero-order chi connectivity index (χ0) is 29.4. The Balaban J connectivity index is 1.78. The molecule has 2 bridgehead atoms. The molecule has 1 N–H and O–H groups in total. The lowest BCUT2D eigenvalue weighted by Crippen LogP contribution is -2.57. The van der Waals surface area contributed by atoms with Crippen LogP contribution < -0.4 is 9.80 Å². The molecule has 1 aromatic rings. The van der Waals surface area contributed by atoms with Gasteiger partial charge in [0, 0.05) is 49.3 Å². The summed E-state index contributed by atoms with van der Waals surface area (Å²) in [5, 5.41) is 10.2. The first-order chi connectivity index (χ1) is 19.0. The summed E-state index contributed by atoms with van der Waals surface area (Å²) in [5.41, 5.74) is 1.81. The number of hydrogen-bond acceptors (Lipinski definition) is 6. The molecule has 9 heteroatoms. The van der Waals surface area contributed by atoms with Crippen LogP contribution in [-0.4, -0.2) is 94.0 Å². The number of thioether (sulfide) groups is 1. The predicted octanol–water partition coefficient (Wildman–Crippen LogP) is 3.56. The number of likely N-dealkylation sites (tertiary alicyclic amines) is 1. The van der Waals surface area contributed by atoms with Gasteiger partial charge in [-0.25, -0.2) is 0 Å². The molecule has 8 nitrogen and oxygen atoms in total. The van der Waals surface area contributed by atoms with Gasteiger partial charge in [-0.15, -0.1) is 24.9 Å². The minimum absolute atomic E-state index is 0.0885. The van der Waals surface area contributed by atoms with Gasteiger partial charge in [0.2, 0.25) is 11.8 Å². The first-order valence-corrected chi connectivity index (χ1v) is 15.1. The molecular formula is C31H44N4O4S. The van der Waals surface area contributed by atoms with Crippen molar-refractivity contribution in [2.24, 2.45) is 11.8 Å². The lowest BCUT2D eigenvalue weighted by molar-refractivity contribution is -0.145. The van der Waals surface area contributed by atoms with Crippen LogP contribution in [-0.2, 0) is 14.4 Å². The highest BCUT2D eigenvalue weighted by molar-refractivity contribution is 8.02. The number of nitrogens with zero attached hydrogens (tertiary/aromatic N) is 4. The first-order valence-electron chi connectivity index (χ1n) is 14.3. The lowest BCUT2D eigenvalue weighted by Gasteiger charge is -2.39. The van der Waals surface area contributed by atoms with E-state index in [2.05, 4.69) is 38.8 Å². The SMILES string of the molecule is C=CCN(C)C(=O)[C@H]1[C@H]2C(=O)N([C@H](C)CO)C(C(=O)N(CC=C)c3ccc(N(CC)CC)cc3)C23CC[C@]1(C)S3. The Morgan fingerprint density at radius 2 is 1.70 bits per heavy atom. The van der Waals surface area contributed by atoms with Gasteiger partial charge in [0.25, 0.3) is 5.91 Å². The Morgan fingerprint density at radius 1 is 1.10 bits per heavy atom. The van der Waals surface area contributed by atoms with Gasteiger partial charge in [0.1, 0.15) is 6.04 Å². The van der Waals surface area contributed by atoms with Gasteiger partial charge in [0.05, 0.1) is 29.2 Å². The molecule has 3 amide bonds. The number of aliphatic hydroxyl groups excluding tert-OH is 1. The largest absolute Gasteiger partial charge is 0.394 e. The highest BCUT2D eigenvalue weighted by Gasteiger charge is 2.77. The van der Waals surface area contributed by atoms with E-state index >= 15 is 0 Å². The molecule has 1 spiro atoms. The van der Waals surface area contributed by atoms with Crippen LogP contribution >= 0.6 is 11.8 Å². The maximum atomic E-state index is 14.7. The number of benzene rings is 1. The van der Waals surface area contributed by atoms with Crippen molar-refractivity contribution < 1.29 is 19.5 Å². The molecule has 40 heavy (non-hydrogen) atoms. The fourth-order valence-electron chi connectivity index (χ4n) is 7.13. The number of amides is 3. The maximum absolute atomic E-state index is 14.7. The molecule has 0 aromatic heterocycles. The molecule has 0 aliphatic carbocycles. The summed E-state index contributed by atoms with van der Waals surface area (Å²) in [6.07, 6.45) is 4.77. The van der Waals surface area contributed by atoms with Crippen LogP contribution in [0.4, 0.5) is 11.4 Å². The average molecular weight is 569 g/mol. The van der Waals surface area contributed by atoms with Crippen LogP contribution in [0.25, 0.3) is 0 Å². The number of hydrogen-bond donors (Lipinski definition) is 1. The van der Waals surface area contributed by atoms with E-state index in [0.29, 0.717) is 13.0 Å². The van der Waals surface area contributed by atoms with E-state index < -0.39 is 33.4 Å². The second kappa shape index (κ2) is 11.6. The lowest BCUT2D eigenvalue weighted by atomic mass is 9.66. The van der Waals surface area contributed by atoms with Crippen LogP contribution in [0.15, 0.2) is 49.6 Å². The first kappa shape index (κ1) is 30.2. The van der Waals surface area contributed by atoms with Gasteiger partial charge in [0.15, 0.2) is 0 Å². The molecule has 3 heterocycles. The minimum Gasteiger partial charge on any atom is -0.394 e. The normalized spacial score (nSPS) is 29.2. The molecule has 3 fully saturated rings. The highest BCUT2D eigenvalue weighted by Crippen LogP contribution is 2.71. The maximum Gasteiger partial charge on any atom is 0.251 e. The van der Waals surface area contributed by atoms with E-state index in [1.54, 1.807) is 52.6 Å². The van der Waals surface area contributed by atoms with E-state index in [4.69, 9.17) is 0 Å². The molecule has 6 atom stereocenters. The zero-order valence-electron chi connectivity index (χ0n) is 24.5. The molecular weight excluding hydrogens is 524 g/mol. The van der Waals surface area contributed by atoms with Crippen molar-refractivity contribution >= 4 is 40.9 Å². The summed E-state index contributed by atoms with van der Waals surface area (Å²) in [4.78, 5) is 49.8. The third kappa shape index (κ3) is 4.65. The molecule has 4 rings (SSSR count). The smallest absolute Gasteiger partial charge is 0.251 e. The standard InChI is InChI=1S/C31H44N4O4S/c1-8-18-32(7)27(37)24-25-28(38)35(21(5)20-36)26(31(25)17-16-30(24,6)40-31)29(39)34(19-9-2)23-14-12-22(13-15-23)33(10-3)11-4/h8-9,12-15,21,24-26,36H,1-2,10-11,16-20H2,3-7H3/t21-,24-,25+,26?,30+,31?/m1/s1. The Morgan fingerprint density at radius 3 is 2.25 bits per heavy atom. The Kier molecular flexibility index (Phi) is 8.76. The monoisotopic (exact) mass is 568 g/mol. The van der Waals surface area contributed by atoms with Crippen molar-refractivity contribution in [1.82, 2.24) is 9.80 Å². The van der Waals surface area contributed by atoms with Gasteiger partial charge in [-0.1, -0.05) is 12.2 Å². The van der Waals surface area contributed by atoms with Crippen molar-refractivity contribution in [2.45, 2.75) is 62.1 Å².